The number of para-hydroxylation sites is 1. The molecule has 3 rings (SSSR count). The summed E-state index contributed by atoms with van der Waals surface area (Å²) in [4.78, 5) is 12.1. The van der Waals surface area contributed by atoms with Gasteiger partial charge >= 0.3 is 0 Å². The van der Waals surface area contributed by atoms with Gasteiger partial charge in [-0.2, -0.15) is 0 Å². The molecule has 0 bridgehead atoms. The maximum Gasteiger partial charge on any atom is 0.262 e. The molecule has 0 radical (unpaired) electrons. The van der Waals surface area contributed by atoms with E-state index in [1.165, 1.54) is 30.3 Å². The van der Waals surface area contributed by atoms with Crippen LogP contribution in [-0.2, 0) is 14.8 Å². The molecule has 7 nitrogen and oxygen atoms in total. The number of benzene rings is 3. The van der Waals surface area contributed by atoms with Crippen LogP contribution in [0.3, 0.4) is 0 Å². The Morgan fingerprint density at radius 1 is 0.941 bits per heavy atom. The highest BCUT2D eigenvalue weighted by Gasteiger charge is 2.19. The predicted octanol–water partition coefficient (Wildman–Crippen LogP) is 5.47. The van der Waals surface area contributed by atoms with Crippen molar-refractivity contribution in [3.63, 3.8) is 0 Å². The molecule has 0 unspecified atom stereocenters. The number of carbonyl (C=O) groups excluding carboxylic acids is 1. The van der Waals surface area contributed by atoms with Crippen molar-refractivity contribution in [3.8, 4) is 17.2 Å². The molecule has 180 valence electrons. The Kier molecular flexibility index (Phi) is 8.41. The SMILES string of the molecule is CC(C)CNC(=O)[C@H](C)Oc1ccc(S(=O)(=O)Nc2cc(Cl)ccc2Oc2ccccc2)cc1. The molecule has 0 spiro atoms. The van der Waals surface area contributed by atoms with E-state index in [-0.39, 0.29) is 16.5 Å². The standard InChI is InChI=1S/C25H27ClN2O5S/c1-17(2)16-27-25(29)18(3)32-21-10-12-22(13-11-21)34(30,31)28-23-15-19(26)9-14-24(23)33-20-7-5-4-6-8-20/h4-15,17-18,28H,16H2,1-3H3,(H,27,29)/t18-/m0/s1. The first-order valence-corrected chi connectivity index (χ1v) is 12.6. The predicted molar refractivity (Wildman–Crippen MR) is 133 cm³/mol. The largest absolute Gasteiger partial charge is 0.481 e. The van der Waals surface area contributed by atoms with Crippen molar-refractivity contribution < 1.29 is 22.7 Å². The lowest BCUT2D eigenvalue weighted by Crippen LogP contribution is -2.38. The number of amides is 1. The molecule has 9 heteroatoms. The Labute approximate surface area is 205 Å². The van der Waals surface area contributed by atoms with Gasteiger partial charge < -0.3 is 14.8 Å². The number of sulfonamides is 1. The molecule has 0 aliphatic carbocycles. The molecule has 1 atom stereocenters. The molecule has 0 fully saturated rings. The summed E-state index contributed by atoms with van der Waals surface area (Å²) in [6.07, 6.45) is -0.719. The van der Waals surface area contributed by atoms with E-state index >= 15 is 0 Å². The summed E-state index contributed by atoms with van der Waals surface area (Å²) in [5.74, 6) is 1.32. The van der Waals surface area contributed by atoms with Gasteiger partial charge in [-0.15, -0.1) is 0 Å². The molecular formula is C25H27ClN2O5S. The van der Waals surface area contributed by atoms with Gasteiger partial charge in [-0.05, 0) is 67.4 Å². The molecule has 0 saturated heterocycles. The van der Waals surface area contributed by atoms with Crippen molar-refractivity contribution in [2.24, 2.45) is 5.92 Å². The topological polar surface area (TPSA) is 93.7 Å². The molecule has 0 aliphatic rings. The van der Waals surface area contributed by atoms with E-state index < -0.39 is 16.1 Å². The van der Waals surface area contributed by atoms with Crippen LogP contribution in [0.5, 0.6) is 17.2 Å². The van der Waals surface area contributed by atoms with Crippen LogP contribution in [0.1, 0.15) is 20.8 Å². The van der Waals surface area contributed by atoms with Crippen molar-refractivity contribution >= 4 is 33.2 Å². The average Bonchev–Trinajstić information content (AvgIpc) is 2.80. The number of rotatable bonds is 10. The summed E-state index contributed by atoms with van der Waals surface area (Å²) in [5, 5.41) is 3.15. The lowest BCUT2D eigenvalue weighted by Gasteiger charge is -2.16. The average molecular weight is 503 g/mol. The number of ether oxygens (including phenoxy) is 2. The lowest BCUT2D eigenvalue weighted by atomic mass is 10.2. The van der Waals surface area contributed by atoms with Crippen LogP contribution < -0.4 is 19.5 Å². The Morgan fingerprint density at radius 3 is 2.26 bits per heavy atom. The molecule has 1 amide bonds. The van der Waals surface area contributed by atoms with Crippen molar-refractivity contribution in [1.29, 1.82) is 0 Å². The second-order valence-electron chi connectivity index (χ2n) is 8.03. The van der Waals surface area contributed by atoms with Crippen molar-refractivity contribution in [2.75, 3.05) is 11.3 Å². The zero-order chi connectivity index (χ0) is 24.7. The van der Waals surface area contributed by atoms with E-state index in [1.54, 1.807) is 31.2 Å². The van der Waals surface area contributed by atoms with Gasteiger partial charge in [0, 0.05) is 11.6 Å². The monoisotopic (exact) mass is 502 g/mol. The third kappa shape index (κ3) is 7.13. The third-order valence-corrected chi connectivity index (χ3v) is 6.27. The van der Waals surface area contributed by atoms with Gasteiger partial charge in [-0.3, -0.25) is 9.52 Å². The molecule has 2 N–H and O–H groups in total. The Balaban J connectivity index is 1.72. The summed E-state index contributed by atoms with van der Waals surface area (Å²) in [6.45, 7) is 6.18. The van der Waals surface area contributed by atoms with Gasteiger partial charge in [0.05, 0.1) is 10.6 Å². The van der Waals surface area contributed by atoms with Gasteiger partial charge in [0.1, 0.15) is 11.5 Å². The van der Waals surface area contributed by atoms with Crippen LogP contribution in [0.2, 0.25) is 5.02 Å². The Bertz CT molecular complexity index is 1220. The fourth-order valence-corrected chi connectivity index (χ4v) is 4.13. The summed E-state index contributed by atoms with van der Waals surface area (Å²) in [7, 11) is -3.95. The van der Waals surface area contributed by atoms with Crippen LogP contribution in [0.4, 0.5) is 5.69 Å². The lowest BCUT2D eigenvalue weighted by molar-refractivity contribution is -0.127. The van der Waals surface area contributed by atoms with E-state index in [1.807, 2.05) is 32.0 Å². The van der Waals surface area contributed by atoms with E-state index in [9.17, 15) is 13.2 Å². The number of carbonyl (C=O) groups is 1. The molecule has 3 aromatic carbocycles. The van der Waals surface area contributed by atoms with Crippen LogP contribution in [0.15, 0.2) is 77.7 Å². The van der Waals surface area contributed by atoms with Crippen molar-refractivity contribution in [1.82, 2.24) is 5.32 Å². The fourth-order valence-electron chi connectivity index (χ4n) is 2.89. The van der Waals surface area contributed by atoms with Gasteiger partial charge in [0.15, 0.2) is 11.9 Å². The number of halogens is 1. The molecular weight excluding hydrogens is 476 g/mol. The van der Waals surface area contributed by atoms with Crippen LogP contribution >= 0.6 is 11.6 Å². The minimum atomic E-state index is -3.95. The highest BCUT2D eigenvalue weighted by molar-refractivity contribution is 7.92. The van der Waals surface area contributed by atoms with Crippen molar-refractivity contribution in [2.45, 2.75) is 31.8 Å². The highest BCUT2D eigenvalue weighted by atomic mass is 35.5. The Hall–Kier alpha value is -3.23. The van der Waals surface area contributed by atoms with Crippen molar-refractivity contribution in [3.05, 3.63) is 77.8 Å². The maximum atomic E-state index is 13.0. The highest BCUT2D eigenvalue weighted by Crippen LogP contribution is 2.33. The number of nitrogens with one attached hydrogen (secondary N) is 2. The molecule has 0 aromatic heterocycles. The summed E-state index contributed by atoms with van der Waals surface area (Å²) in [6, 6.07) is 19.5. The number of anilines is 1. The van der Waals surface area contributed by atoms with E-state index in [2.05, 4.69) is 10.0 Å². The summed E-state index contributed by atoms with van der Waals surface area (Å²) < 4.78 is 40.0. The molecule has 0 heterocycles. The quantitative estimate of drug-likeness (QED) is 0.383. The first-order chi connectivity index (χ1) is 16.1. The smallest absolute Gasteiger partial charge is 0.262 e. The molecule has 0 aliphatic heterocycles. The molecule has 0 saturated carbocycles. The van der Waals surface area contributed by atoms with Gasteiger partial charge in [-0.1, -0.05) is 43.6 Å². The fraction of sp³-hybridized carbons (Fsp3) is 0.240. The van der Waals surface area contributed by atoms with Crippen LogP contribution in [0.25, 0.3) is 0 Å². The normalized spacial score (nSPS) is 12.1. The van der Waals surface area contributed by atoms with Crippen LogP contribution in [-0.4, -0.2) is 27.0 Å². The molecule has 3 aromatic rings. The van der Waals surface area contributed by atoms with Gasteiger partial charge in [-0.25, -0.2) is 8.42 Å². The van der Waals surface area contributed by atoms with Gasteiger partial charge in [0.2, 0.25) is 0 Å². The minimum absolute atomic E-state index is 0.0161. The van der Waals surface area contributed by atoms with E-state index in [0.717, 1.165) is 0 Å². The maximum absolute atomic E-state index is 13.0. The summed E-state index contributed by atoms with van der Waals surface area (Å²) >= 11 is 6.09. The second-order valence-corrected chi connectivity index (χ2v) is 10.2. The zero-order valence-corrected chi connectivity index (χ0v) is 20.7. The molecule has 34 heavy (non-hydrogen) atoms. The minimum Gasteiger partial charge on any atom is -0.481 e. The number of hydrogen-bond donors (Lipinski definition) is 2. The Morgan fingerprint density at radius 2 is 1.62 bits per heavy atom. The van der Waals surface area contributed by atoms with Crippen LogP contribution in [0, 0.1) is 5.92 Å². The van der Waals surface area contributed by atoms with Gasteiger partial charge in [0.25, 0.3) is 15.9 Å². The van der Waals surface area contributed by atoms with E-state index in [4.69, 9.17) is 21.1 Å². The third-order valence-electron chi connectivity index (χ3n) is 4.66. The first-order valence-electron chi connectivity index (χ1n) is 10.7. The van der Waals surface area contributed by atoms with E-state index in [0.29, 0.717) is 34.7 Å². The number of hydrogen-bond acceptors (Lipinski definition) is 5. The first kappa shape index (κ1) is 25.4. The second kappa shape index (κ2) is 11.3. The zero-order valence-electron chi connectivity index (χ0n) is 19.1. The summed E-state index contributed by atoms with van der Waals surface area (Å²) in [5.41, 5.74) is 0.201.